The molecule has 0 aromatic heterocycles. The number of halogens is 3. The minimum atomic E-state index is 0.178. The van der Waals surface area contributed by atoms with Gasteiger partial charge in [-0.05, 0) is 30.0 Å². The lowest BCUT2D eigenvalue weighted by Gasteiger charge is -2.13. The fraction of sp³-hybridized carbons (Fsp3) is 0.538. The van der Waals surface area contributed by atoms with Crippen molar-refractivity contribution in [3.8, 4) is 0 Å². The van der Waals surface area contributed by atoms with Gasteiger partial charge in [-0.3, -0.25) is 0 Å². The van der Waals surface area contributed by atoms with Gasteiger partial charge in [0, 0.05) is 18.5 Å². The van der Waals surface area contributed by atoms with E-state index in [4.69, 9.17) is 34.8 Å². The molecule has 4 heteroatoms. The smallest absolute Gasteiger partial charge is 0.0595 e. The molecule has 0 saturated heterocycles. The van der Waals surface area contributed by atoms with Crippen LogP contribution < -0.4 is 5.32 Å². The van der Waals surface area contributed by atoms with Crippen LogP contribution in [-0.4, -0.2) is 11.9 Å². The average Bonchev–Trinajstić information content (AvgIpc) is 2.22. The van der Waals surface area contributed by atoms with Crippen LogP contribution in [-0.2, 0) is 6.54 Å². The quantitative estimate of drug-likeness (QED) is 0.748. The van der Waals surface area contributed by atoms with E-state index in [1.807, 2.05) is 18.2 Å². The largest absolute Gasteiger partial charge is 0.311 e. The van der Waals surface area contributed by atoms with Crippen molar-refractivity contribution in [2.24, 2.45) is 5.92 Å². The zero-order valence-corrected chi connectivity index (χ0v) is 12.4. The fourth-order valence-corrected chi connectivity index (χ4v) is 2.40. The van der Waals surface area contributed by atoms with Crippen molar-refractivity contribution < 1.29 is 0 Å². The van der Waals surface area contributed by atoms with Gasteiger partial charge < -0.3 is 5.32 Å². The molecule has 0 aliphatic carbocycles. The highest BCUT2D eigenvalue weighted by Crippen LogP contribution is 2.22. The number of nitrogens with one attached hydrogen (secondary N) is 1. The van der Waals surface area contributed by atoms with E-state index >= 15 is 0 Å². The Bertz CT molecular complexity index is 353. The van der Waals surface area contributed by atoms with Crippen molar-refractivity contribution >= 4 is 34.8 Å². The van der Waals surface area contributed by atoms with Crippen LogP contribution in [0, 0.1) is 5.92 Å². The minimum absolute atomic E-state index is 0.178. The molecule has 1 aromatic carbocycles. The van der Waals surface area contributed by atoms with Gasteiger partial charge >= 0.3 is 0 Å². The van der Waals surface area contributed by atoms with Gasteiger partial charge in [-0.1, -0.05) is 43.1 Å². The van der Waals surface area contributed by atoms with Crippen molar-refractivity contribution in [2.75, 3.05) is 6.54 Å². The molecule has 0 radical (unpaired) electrons. The Morgan fingerprint density at radius 3 is 2.47 bits per heavy atom. The molecule has 0 aliphatic heterocycles. The van der Waals surface area contributed by atoms with E-state index in [9.17, 15) is 0 Å². The fourth-order valence-electron chi connectivity index (χ4n) is 1.62. The Morgan fingerprint density at radius 1 is 1.18 bits per heavy atom. The molecule has 0 fully saturated rings. The first-order chi connectivity index (χ1) is 7.99. The Labute approximate surface area is 118 Å². The van der Waals surface area contributed by atoms with Crippen LogP contribution in [0.4, 0.5) is 0 Å². The summed E-state index contributed by atoms with van der Waals surface area (Å²) in [6.07, 6.45) is 1.02. The Morgan fingerprint density at radius 2 is 1.88 bits per heavy atom. The predicted molar refractivity (Wildman–Crippen MR) is 77.3 cm³/mol. The standard InChI is InChI=1S/C13H18Cl3N/c1-9(2)5-11(14)8-17-7-10-3-4-12(15)13(16)6-10/h3-4,6,9,11,17H,5,7-8H2,1-2H3. The molecule has 0 saturated carbocycles. The third kappa shape index (κ3) is 5.96. The molecule has 0 amide bonds. The first kappa shape index (κ1) is 15.1. The second kappa shape index (κ2) is 7.48. The summed E-state index contributed by atoms with van der Waals surface area (Å²) in [7, 11) is 0. The minimum Gasteiger partial charge on any atom is -0.311 e. The molecular formula is C13H18Cl3N. The maximum Gasteiger partial charge on any atom is 0.0595 e. The van der Waals surface area contributed by atoms with Crippen molar-refractivity contribution in [3.05, 3.63) is 33.8 Å². The highest BCUT2D eigenvalue weighted by Gasteiger charge is 2.06. The van der Waals surface area contributed by atoms with E-state index in [1.165, 1.54) is 0 Å². The average molecular weight is 295 g/mol. The maximum atomic E-state index is 6.19. The van der Waals surface area contributed by atoms with Gasteiger partial charge in [0.15, 0.2) is 0 Å². The lowest BCUT2D eigenvalue weighted by Crippen LogP contribution is -2.23. The highest BCUT2D eigenvalue weighted by atomic mass is 35.5. The molecule has 1 unspecified atom stereocenters. The predicted octanol–water partition coefficient (Wildman–Crippen LogP) is 4.74. The van der Waals surface area contributed by atoms with E-state index in [-0.39, 0.29) is 5.38 Å². The molecule has 17 heavy (non-hydrogen) atoms. The molecule has 1 aromatic rings. The van der Waals surface area contributed by atoms with Crippen LogP contribution in [0.5, 0.6) is 0 Å². The molecule has 0 aliphatic rings. The summed E-state index contributed by atoms with van der Waals surface area (Å²) in [4.78, 5) is 0. The van der Waals surface area contributed by atoms with Gasteiger partial charge in [-0.2, -0.15) is 0 Å². The zero-order chi connectivity index (χ0) is 12.8. The molecular weight excluding hydrogens is 277 g/mol. The van der Waals surface area contributed by atoms with E-state index in [0.29, 0.717) is 16.0 Å². The summed E-state index contributed by atoms with van der Waals surface area (Å²) >= 11 is 18.0. The van der Waals surface area contributed by atoms with Gasteiger partial charge in [-0.15, -0.1) is 11.6 Å². The first-order valence-electron chi connectivity index (χ1n) is 5.77. The topological polar surface area (TPSA) is 12.0 Å². The van der Waals surface area contributed by atoms with Gasteiger partial charge in [0.2, 0.25) is 0 Å². The monoisotopic (exact) mass is 293 g/mol. The number of hydrogen-bond acceptors (Lipinski definition) is 1. The van der Waals surface area contributed by atoms with Crippen LogP contribution in [0.1, 0.15) is 25.8 Å². The van der Waals surface area contributed by atoms with Crippen LogP contribution in [0.2, 0.25) is 10.0 Å². The second-order valence-electron chi connectivity index (χ2n) is 4.61. The zero-order valence-electron chi connectivity index (χ0n) is 10.1. The van der Waals surface area contributed by atoms with E-state index in [1.54, 1.807) is 0 Å². The third-order valence-electron chi connectivity index (χ3n) is 2.41. The summed E-state index contributed by atoms with van der Waals surface area (Å²) in [5.41, 5.74) is 1.12. The second-order valence-corrected chi connectivity index (χ2v) is 6.04. The van der Waals surface area contributed by atoms with Crippen molar-refractivity contribution in [1.29, 1.82) is 0 Å². The highest BCUT2D eigenvalue weighted by molar-refractivity contribution is 6.42. The van der Waals surface area contributed by atoms with Crippen LogP contribution in [0.25, 0.3) is 0 Å². The van der Waals surface area contributed by atoms with E-state index in [2.05, 4.69) is 19.2 Å². The van der Waals surface area contributed by atoms with Crippen molar-refractivity contribution in [1.82, 2.24) is 5.32 Å². The Kier molecular flexibility index (Phi) is 6.65. The van der Waals surface area contributed by atoms with Gasteiger partial charge in [-0.25, -0.2) is 0 Å². The summed E-state index contributed by atoms with van der Waals surface area (Å²) in [6, 6.07) is 5.66. The number of hydrogen-bond donors (Lipinski definition) is 1. The lowest BCUT2D eigenvalue weighted by atomic mass is 10.1. The number of alkyl halides is 1. The summed E-state index contributed by atoms with van der Waals surface area (Å²) < 4.78 is 0. The molecule has 1 nitrogen and oxygen atoms in total. The lowest BCUT2D eigenvalue weighted by molar-refractivity contribution is 0.533. The van der Waals surface area contributed by atoms with E-state index < -0.39 is 0 Å². The number of benzene rings is 1. The van der Waals surface area contributed by atoms with Gasteiger partial charge in [0.1, 0.15) is 0 Å². The van der Waals surface area contributed by atoms with Gasteiger partial charge in [0.25, 0.3) is 0 Å². The molecule has 0 spiro atoms. The van der Waals surface area contributed by atoms with Gasteiger partial charge in [0.05, 0.1) is 10.0 Å². The first-order valence-corrected chi connectivity index (χ1v) is 6.97. The van der Waals surface area contributed by atoms with Crippen LogP contribution in [0.3, 0.4) is 0 Å². The molecule has 1 N–H and O–H groups in total. The third-order valence-corrected chi connectivity index (χ3v) is 3.48. The van der Waals surface area contributed by atoms with Crippen molar-refractivity contribution in [2.45, 2.75) is 32.2 Å². The number of rotatable bonds is 6. The molecule has 0 heterocycles. The molecule has 1 rings (SSSR count). The SMILES string of the molecule is CC(C)CC(Cl)CNCc1ccc(Cl)c(Cl)c1. The summed E-state index contributed by atoms with van der Waals surface area (Å²) in [6.45, 7) is 5.92. The molecule has 1 atom stereocenters. The van der Waals surface area contributed by atoms with Crippen LogP contribution in [0.15, 0.2) is 18.2 Å². The summed E-state index contributed by atoms with van der Waals surface area (Å²) in [5, 5.41) is 4.68. The Balaban J connectivity index is 2.33. The van der Waals surface area contributed by atoms with Crippen LogP contribution >= 0.6 is 34.8 Å². The molecule has 0 bridgehead atoms. The molecule has 96 valence electrons. The normalized spacial score (nSPS) is 13.1. The van der Waals surface area contributed by atoms with E-state index in [0.717, 1.165) is 25.1 Å². The van der Waals surface area contributed by atoms with Crippen molar-refractivity contribution in [3.63, 3.8) is 0 Å². The Hall–Kier alpha value is 0.0500. The maximum absolute atomic E-state index is 6.19. The summed E-state index contributed by atoms with van der Waals surface area (Å²) in [5.74, 6) is 0.629.